The Labute approximate surface area is 174 Å². The first-order valence-corrected chi connectivity index (χ1v) is 10.1. The van der Waals surface area contributed by atoms with Crippen LogP contribution in [0, 0.1) is 0 Å². The largest absolute Gasteiger partial charge is 0.265 e. The molecule has 6 aromatic rings. The second-order valence-corrected chi connectivity index (χ2v) is 7.51. The summed E-state index contributed by atoms with van der Waals surface area (Å²) in [5, 5.41) is 7.62. The molecule has 2 heteroatoms. The molecule has 2 aromatic heterocycles. The van der Waals surface area contributed by atoms with Gasteiger partial charge in [0.15, 0.2) is 0 Å². The van der Waals surface area contributed by atoms with E-state index in [0.29, 0.717) is 0 Å². The highest BCUT2D eigenvalue weighted by molar-refractivity contribution is 6.25. The van der Waals surface area contributed by atoms with Crippen LogP contribution in [0.4, 0.5) is 0 Å². The Morgan fingerprint density at radius 1 is 0.433 bits per heavy atom. The second kappa shape index (κ2) is 6.78. The maximum atomic E-state index is 4.20. The Bertz CT molecular complexity index is 1410. The van der Waals surface area contributed by atoms with Crippen LogP contribution in [0.25, 0.3) is 54.6 Å². The Kier molecular flexibility index (Phi) is 3.82. The van der Waals surface area contributed by atoms with Gasteiger partial charge in [-0.05, 0) is 91.0 Å². The first kappa shape index (κ1) is 16.9. The molecular weight excluding hydrogens is 364 g/mol. The van der Waals surface area contributed by atoms with Crippen LogP contribution in [-0.4, -0.2) is 9.97 Å². The Morgan fingerprint density at radius 3 is 1.27 bits per heavy atom. The molecule has 4 aromatic carbocycles. The van der Waals surface area contributed by atoms with E-state index < -0.39 is 0 Å². The van der Waals surface area contributed by atoms with E-state index in [1.54, 1.807) is 0 Å². The molecule has 2 nitrogen and oxygen atoms in total. The number of benzene rings is 4. The van der Waals surface area contributed by atoms with E-state index in [1.165, 1.54) is 54.6 Å². The zero-order valence-electron chi connectivity index (χ0n) is 16.3. The van der Waals surface area contributed by atoms with Gasteiger partial charge in [0.1, 0.15) is 0 Å². The van der Waals surface area contributed by atoms with Crippen LogP contribution in [0.1, 0.15) is 0 Å². The van der Waals surface area contributed by atoms with E-state index in [0.717, 1.165) is 0 Å². The fraction of sp³-hybridized carbons (Fsp3) is 0. The zero-order valence-corrected chi connectivity index (χ0v) is 16.3. The number of aromatic nitrogens is 2. The Balaban J connectivity index is 1.82. The van der Waals surface area contributed by atoms with Crippen LogP contribution in [0.15, 0.2) is 110 Å². The summed E-state index contributed by atoms with van der Waals surface area (Å²) in [7, 11) is 0. The van der Waals surface area contributed by atoms with Gasteiger partial charge in [-0.2, -0.15) is 0 Å². The summed E-state index contributed by atoms with van der Waals surface area (Å²) in [6.07, 6.45) is 7.43. The highest BCUT2D eigenvalue weighted by Crippen LogP contribution is 2.41. The smallest absolute Gasteiger partial charge is 0.0273 e. The van der Waals surface area contributed by atoms with E-state index in [4.69, 9.17) is 0 Å². The topological polar surface area (TPSA) is 25.8 Å². The molecule has 140 valence electrons. The summed E-state index contributed by atoms with van der Waals surface area (Å²) >= 11 is 0. The van der Waals surface area contributed by atoms with Crippen molar-refractivity contribution in [2.24, 2.45) is 0 Å². The van der Waals surface area contributed by atoms with Crippen LogP contribution < -0.4 is 0 Å². The molecule has 2 heterocycles. The van der Waals surface area contributed by atoms with Crippen LogP contribution >= 0.6 is 0 Å². The van der Waals surface area contributed by atoms with Crippen molar-refractivity contribution < 1.29 is 0 Å². The summed E-state index contributed by atoms with van der Waals surface area (Å²) < 4.78 is 0. The molecule has 30 heavy (non-hydrogen) atoms. The van der Waals surface area contributed by atoms with Crippen LogP contribution in [0.2, 0.25) is 0 Å². The average molecular weight is 382 g/mol. The average Bonchev–Trinajstić information content (AvgIpc) is 2.84. The summed E-state index contributed by atoms with van der Waals surface area (Å²) in [6.45, 7) is 0. The highest BCUT2D eigenvalue weighted by Gasteiger charge is 2.14. The van der Waals surface area contributed by atoms with Gasteiger partial charge in [0.2, 0.25) is 0 Å². The van der Waals surface area contributed by atoms with E-state index in [2.05, 4.69) is 94.9 Å². The third kappa shape index (κ3) is 2.58. The standard InChI is InChI=1S/C28H18N2/c1-3-7-24-22(5-1)26(19-9-13-29-14-10-19)17-21-18-27(20-11-15-30-16-12-20)23-6-2-4-8-25(23)28(21)24/h1-18H. The van der Waals surface area contributed by atoms with Gasteiger partial charge in [0.05, 0.1) is 0 Å². The van der Waals surface area contributed by atoms with Gasteiger partial charge in [-0.25, -0.2) is 0 Å². The van der Waals surface area contributed by atoms with Crippen molar-refractivity contribution in [3.63, 3.8) is 0 Å². The van der Waals surface area contributed by atoms with Crippen molar-refractivity contribution in [3.8, 4) is 22.3 Å². The zero-order chi connectivity index (χ0) is 19.9. The lowest BCUT2D eigenvalue weighted by Crippen LogP contribution is -1.89. The van der Waals surface area contributed by atoms with E-state index in [1.807, 2.05) is 24.8 Å². The number of hydrogen-bond acceptors (Lipinski definition) is 2. The maximum Gasteiger partial charge on any atom is 0.0273 e. The fourth-order valence-electron chi connectivity index (χ4n) is 4.52. The third-order valence-corrected chi connectivity index (χ3v) is 5.84. The molecule has 0 atom stereocenters. The molecule has 6 rings (SSSR count). The first-order chi connectivity index (χ1) is 14.9. The molecule has 0 bridgehead atoms. The molecular formula is C28H18N2. The van der Waals surface area contributed by atoms with Crippen molar-refractivity contribution in [2.45, 2.75) is 0 Å². The number of pyridine rings is 2. The van der Waals surface area contributed by atoms with Gasteiger partial charge in [-0.1, -0.05) is 48.5 Å². The van der Waals surface area contributed by atoms with Gasteiger partial charge in [-0.3, -0.25) is 9.97 Å². The molecule has 0 aliphatic heterocycles. The maximum absolute atomic E-state index is 4.20. The van der Waals surface area contributed by atoms with E-state index in [9.17, 15) is 0 Å². The predicted octanol–water partition coefficient (Wildman–Crippen LogP) is 7.27. The Morgan fingerprint density at radius 2 is 0.833 bits per heavy atom. The molecule has 0 spiro atoms. The van der Waals surface area contributed by atoms with Crippen molar-refractivity contribution in [1.29, 1.82) is 0 Å². The molecule has 0 aliphatic rings. The van der Waals surface area contributed by atoms with Crippen molar-refractivity contribution in [3.05, 3.63) is 110 Å². The number of rotatable bonds is 2. The summed E-state index contributed by atoms with van der Waals surface area (Å²) in [5.74, 6) is 0. The van der Waals surface area contributed by atoms with Crippen LogP contribution in [-0.2, 0) is 0 Å². The predicted molar refractivity (Wildman–Crippen MR) is 125 cm³/mol. The van der Waals surface area contributed by atoms with Gasteiger partial charge < -0.3 is 0 Å². The molecule has 0 unspecified atom stereocenters. The Hall–Kier alpha value is -4.04. The van der Waals surface area contributed by atoms with E-state index >= 15 is 0 Å². The molecule has 0 amide bonds. The van der Waals surface area contributed by atoms with Gasteiger partial charge in [0, 0.05) is 24.8 Å². The van der Waals surface area contributed by atoms with Crippen molar-refractivity contribution in [1.82, 2.24) is 9.97 Å². The highest BCUT2D eigenvalue weighted by atomic mass is 14.6. The van der Waals surface area contributed by atoms with Crippen LogP contribution in [0.5, 0.6) is 0 Å². The summed E-state index contributed by atoms with van der Waals surface area (Å²) in [6, 6.07) is 30.4. The van der Waals surface area contributed by atoms with Gasteiger partial charge in [0.25, 0.3) is 0 Å². The molecule has 0 fully saturated rings. The second-order valence-electron chi connectivity index (χ2n) is 7.51. The normalized spacial score (nSPS) is 11.3. The minimum atomic E-state index is 1.18. The van der Waals surface area contributed by atoms with Crippen LogP contribution in [0.3, 0.4) is 0 Å². The SMILES string of the molecule is c1ccc2c(c1)c(-c1ccncc1)cc1cc(-c3ccncc3)c3ccccc3c12. The lowest BCUT2D eigenvalue weighted by molar-refractivity contribution is 1.33. The summed E-state index contributed by atoms with van der Waals surface area (Å²) in [4.78, 5) is 8.40. The lowest BCUT2D eigenvalue weighted by Gasteiger charge is -2.16. The van der Waals surface area contributed by atoms with E-state index in [-0.39, 0.29) is 0 Å². The van der Waals surface area contributed by atoms with Crippen molar-refractivity contribution in [2.75, 3.05) is 0 Å². The number of hydrogen-bond donors (Lipinski definition) is 0. The minimum Gasteiger partial charge on any atom is -0.265 e. The third-order valence-electron chi connectivity index (χ3n) is 5.84. The molecule has 0 N–H and O–H groups in total. The van der Waals surface area contributed by atoms with Gasteiger partial charge >= 0.3 is 0 Å². The number of nitrogens with zero attached hydrogens (tertiary/aromatic N) is 2. The minimum absolute atomic E-state index is 1.18. The fourth-order valence-corrected chi connectivity index (χ4v) is 4.52. The lowest BCUT2D eigenvalue weighted by atomic mass is 9.88. The number of fused-ring (bicyclic) bond motifs is 5. The quantitative estimate of drug-likeness (QED) is 0.294. The monoisotopic (exact) mass is 382 g/mol. The van der Waals surface area contributed by atoms with Crippen molar-refractivity contribution >= 4 is 32.3 Å². The molecule has 0 saturated heterocycles. The molecule has 0 aliphatic carbocycles. The summed E-state index contributed by atoms with van der Waals surface area (Å²) in [5.41, 5.74) is 4.83. The van der Waals surface area contributed by atoms with Gasteiger partial charge in [-0.15, -0.1) is 0 Å². The molecule has 0 saturated carbocycles. The molecule has 0 radical (unpaired) electrons. The first-order valence-electron chi connectivity index (χ1n) is 10.1.